The number of nitrogens with zero attached hydrogens (tertiary/aromatic N) is 9. The van der Waals surface area contributed by atoms with Crippen molar-refractivity contribution in [3.8, 4) is 0 Å². The average molecular weight is 1150 g/mol. The van der Waals surface area contributed by atoms with Crippen molar-refractivity contribution >= 4 is 89.6 Å². The minimum absolute atomic E-state index is 0.0104. The number of nitrogens with one attached hydrogen (secondary N) is 1. The first-order valence-electron chi connectivity index (χ1n) is 27.5. The third-order valence-electron chi connectivity index (χ3n) is 17.0. The molecule has 0 radical (unpaired) electrons. The molecule has 6 aromatic rings. The lowest BCUT2D eigenvalue weighted by Crippen LogP contribution is -2.38. The molecule has 0 unspecified atom stereocenters. The molecule has 416 valence electrons. The van der Waals surface area contributed by atoms with E-state index >= 15 is 4.39 Å². The maximum atomic E-state index is 15.7. The summed E-state index contributed by atoms with van der Waals surface area (Å²) in [6.45, 7) is 15.7. The second-order valence-electron chi connectivity index (χ2n) is 21.7. The van der Waals surface area contributed by atoms with Crippen LogP contribution in [0.15, 0.2) is 53.3 Å². The van der Waals surface area contributed by atoms with Crippen LogP contribution in [-0.4, -0.2) is 137 Å². The van der Waals surface area contributed by atoms with Crippen molar-refractivity contribution in [1.82, 2.24) is 19.9 Å². The maximum absolute atomic E-state index is 15.7. The number of pyridine rings is 4. The van der Waals surface area contributed by atoms with Gasteiger partial charge in [-0.05, 0) is 80.4 Å². The fourth-order valence-electron chi connectivity index (χ4n) is 12.7. The van der Waals surface area contributed by atoms with Gasteiger partial charge in [-0.3, -0.25) is 29.4 Å². The van der Waals surface area contributed by atoms with Gasteiger partial charge in [0.15, 0.2) is 0 Å². The highest BCUT2D eigenvalue weighted by atomic mass is 79.9. The van der Waals surface area contributed by atoms with Crippen molar-refractivity contribution < 1.29 is 46.1 Å². The molecule has 2 spiro atoms. The van der Waals surface area contributed by atoms with Crippen LogP contribution in [0.4, 0.5) is 57.6 Å². The van der Waals surface area contributed by atoms with Crippen LogP contribution in [0, 0.1) is 37.1 Å². The Bertz CT molecular complexity index is 3350. The molecule has 1 N–H and O–H groups in total. The summed E-state index contributed by atoms with van der Waals surface area (Å²) in [5.41, 5.74) is 8.93. The van der Waals surface area contributed by atoms with Gasteiger partial charge in [-0.25, -0.2) is 27.5 Å². The molecule has 6 fully saturated rings. The average Bonchev–Trinajstić information content (AvgIpc) is 4.47. The van der Waals surface area contributed by atoms with E-state index in [1.54, 1.807) is 16.7 Å². The van der Waals surface area contributed by atoms with Gasteiger partial charge in [0, 0.05) is 142 Å². The van der Waals surface area contributed by atoms with Crippen molar-refractivity contribution in [2.24, 2.45) is 0 Å². The molecule has 6 saturated heterocycles. The van der Waals surface area contributed by atoms with E-state index < -0.39 is 23.3 Å². The first-order valence-corrected chi connectivity index (χ1v) is 28.3. The van der Waals surface area contributed by atoms with Crippen LogP contribution in [0.3, 0.4) is 0 Å². The molecule has 0 bridgehead atoms. The smallest absolute Gasteiger partial charge is 0.228 e. The number of benzene rings is 2. The minimum atomic E-state index is -0.694. The fourth-order valence-corrected chi connectivity index (χ4v) is 13.3. The van der Waals surface area contributed by atoms with Gasteiger partial charge in [-0.15, -0.1) is 0 Å². The highest BCUT2D eigenvalue weighted by molar-refractivity contribution is 9.10. The summed E-state index contributed by atoms with van der Waals surface area (Å²) < 4.78 is 80.1. The summed E-state index contributed by atoms with van der Waals surface area (Å²) in [7, 11) is 0. The predicted octanol–water partition coefficient (Wildman–Crippen LogP) is 9.48. The molecular weight excluding hydrogens is 1090 g/mol. The number of halogens is 5. The zero-order chi connectivity index (χ0) is 54.6. The highest BCUT2D eigenvalue weighted by Gasteiger charge is 2.48. The molecule has 21 heteroatoms. The van der Waals surface area contributed by atoms with Crippen LogP contribution in [-0.2, 0) is 39.4 Å². The monoisotopic (exact) mass is 1150 g/mol. The molecule has 4 aromatic heterocycles. The Morgan fingerprint density at radius 1 is 0.570 bits per heavy atom. The molecule has 2 aromatic carbocycles. The topological polar surface area (TPSA) is 151 Å². The summed E-state index contributed by atoms with van der Waals surface area (Å²) in [4.78, 5) is 53.4. The summed E-state index contributed by atoms with van der Waals surface area (Å²) in [6, 6.07) is 8.58. The molecular formula is C58H63BrF4N10O6. The fraction of sp³-hybridized carbons (Fsp3) is 0.483. The molecule has 14 rings (SSSR count). The number of anilines is 7. The van der Waals surface area contributed by atoms with Gasteiger partial charge < -0.3 is 39.0 Å². The molecule has 2 amide bonds. The number of aromatic nitrogens is 4. The number of hydrogen-bond acceptors (Lipinski definition) is 14. The third-order valence-corrected chi connectivity index (χ3v) is 18.0. The van der Waals surface area contributed by atoms with E-state index in [0.717, 1.165) is 127 Å². The molecule has 12 heterocycles. The zero-order valence-electron chi connectivity index (χ0n) is 44.5. The number of carbonyl (C=O) groups is 2. The van der Waals surface area contributed by atoms with Gasteiger partial charge in [0.05, 0.1) is 100 Å². The second-order valence-corrected chi connectivity index (χ2v) is 22.5. The van der Waals surface area contributed by atoms with Gasteiger partial charge in [0.25, 0.3) is 0 Å². The number of morpholine rings is 2. The lowest BCUT2D eigenvalue weighted by atomic mass is 9.78. The van der Waals surface area contributed by atoms with E-state index in [-0.39, 0.29) is 44.5 Å². The normalized spacial score (nSPS) is 20.4. The number of ether oxygens (including phenoxy) is 4. The number of fused-ring (bicyclic) bond motifs is 6. The summed E-state index contributed by atoms with van der Waals surface area (Å²) in [6.07, 6.45) is 10.2. The second kappa shape index (κ2) is 22.0. The minimum Gasteiger partial charge on any atom is -0.383 e. The van der Waals surface area contributed by atoms with Crippen molar-refractivity contribution in [3.63, 3.8) is 0 Å². The lowest BCUT2D eigenvalue weighted by Gasteiger charge is -2.34. The standard InChI is InChI=1S/C29H31F2N5O3.C15H21N3O2.C14H11BrF2N2O/c1-18-26(25-21(31)13-19(30)14-22(25)33-28(18)35-6-2-3-24(35)37)36-17-29(4-9-38-10-5-29)27-23(36)15-20(16-32-27)34-7-11-39-12-8-34;1-5-19-6-2-15(1)11-17-13-9-12(10-16-14(13)15)18-3-7-20-8-4-18;1-7-13(15)12-9(17)5-8(16)6-10(12)18-14(7)19-4-2-3-11(19)20/h13-16H,2-12,17H2,1H3;9-10,17H,1-8,11H2;5-6H,2-4H2,1H3. The Morgan fingerprint density at radius 2 is 1.06 bits per heavy atom. The molecule has 0 aliphatic carbocycles. The molecule has 16 nitrogen and oxygen atoms in total. The largest absolute Gasteiger partial charge is 0.383 e. The third kappa shape index (κ3) is 10.0. The van der Waals surface area contributed by atoms with E-state index in [2.05, 4.69) is 58.0 Å². The van der Waals surface area contributed by atoms with Crippen LogP contribution < -0.4 is 29.8 Å². The maximum Gasteiger partial charge on any atom is 0.228 e. The summed E-state index contributed by atoms with van der Waals surface area (Å²) >= 11 is 3.33. The number of amides is 2. The first kappa shape index (κ1) is 53.4. The first-order chi connectivity index (χ1) is 38.3. The van der Waals surface area contributed by atoms with E-state index in [4.69, 9.17) is 28.9 Å². The molecule has 0 atom stereocenters. The Labute approximate surface area is 463 Å². The van der Waals surface area contributed by atoms with Crippen molar-refractivity contribution in [2.75, 3.05) is 135 Å². The van der Waals surface area contributed by atoms with Crippen LogP contribution in [0.25, 0.3) is 21.8 Å². The number of hydrogen-bond donors (Lipinski definition) is 1. The van der Waals surface area contributed by atoms with Crippen molar-refractivity contribution in [3.05, 3.63) is 99.0 Å². The Hall–Kier alpha value is -6.26. The SMILES string of the molecule is Cc1c(N2CCCC2=O)nc2cc(F)cc(F)c2c1Br.Cc1c(N2CCCC2=O)nc2cc(F)cc(F)c2c1N1CC2(CCOCC2)c2ncc(N3CCOCC3)cc21.c1nc2c(cc1N1CCOCC1)NCC21CCOCC1. The predicted molar refractivity (Wildman–Crippen MR) is 297 cm³/mol. The van der Waals surface area contributed by atoms with E-state index in [1.807, 2.05) is 19.3 Å². The number of carbonyl (C=O) groups excluding carboxylic acids is 2. The van der Waals surface area contributed by atoms with Gasteiger partial charge in [0.2, 0.25) is 11.8 Å². The molecule has 0 saturated carbocycles. The van der Waals surface area contributed by atoms with Gasteiger partial charge in [-0.1, -0.05) is 0 Å². The van der Waals surface area contributed by atoms with Gasteiger partial charge in [0.1, 0.15) is 34.9 Å². The Morgan fingerprint density at radius 3 is 1.62 bits per heavy atom. The van der Waals surface area contributed by atoms with E-state index in [0.29, 0.717) is 91.8 Å². The van der Waals surface area contributed by atoms with Crippen molar-refractivity contribution in [2.45, 2.75) is 76.0 Å². The van der Waals surface area contributed by atoms with E-state index in [9.17, 15) is 22.8 Å². The Kier molecular flexibility index (Phi) is 14.9. The van der Waals surface area contributed by atoms with Gasteiger partial charge in [-0.2, -0.15) is 0 Å². The van der Waals surface area contributed by atoms with E-state index in [1.165, 1.54) is 29.2 Å². The lowest BCUT2D eigenvalue weighted by molar-refractivity contribution is -0.117. The quantitative estimate of drug-likeness (QED) is 0.163. The summed E-state index contributed by atoms with van der Waals surface area (Å²) in [5.74, 6) is -1.80. The van der Waals surface area contributed by atoms with Crippen LogP contribution in [0.5, 0.6) is 0 Å². The van der Waals surface area contributed by atoms with Crippen LogP contribution >= 0.6 is 15.9 Å². The van der Waals surface area contributed by atoms with Crippen LogP contribution in [0.2, 0.25) is 0 Å². The van der Waals surface area contributed by atoms with Gasteiger partial charge >= 0.3 is 0 Å². The van der Waals surface area contributed by atoms with Crippen molar-refractivity contribution in [1.29, 1.82) is 0 Å². The molecule has 79 heavy (non-hydrogen) atoms. The highest BCUT2D eigenvalue weighted by Crippen LogP contribution is 2.53. The Balaban J connectivity index is 0.000000131. The molecule has 8 aliphatic heterocycles. The number of rotatable bonds is 5. The summed E-state index contributed by atoms with van der Waals surface area (Å²) in [5, 5.41) is 4.06. The molecule has 8 aliphatic rings. The zero-order valence-corrected chi connectivity index (χ0v) is 46.0. The van der Waals surface area contributed by atoms with Crippen LogP contribution in [0.1, 0.15) is 73.9 Å².